The molecule has 1 fully saturated rings. The summed E-state index contributed by atoms with van der Waals surface area (Å²) in [7, 11) is 0. The minimum Gasteiger partial charge on any atom is -0.504 e. The molecule has 0 aromatic heterocycles. The molecule has 12 heteroatoms. The molecular weight excluding hydrogens is 455 g/mol. The fraction of sp³-hybridized carbons (Fsp3) is 0.350. The van der Waals surface area contributed by atoms with Crippen molar-refractivity contribution < 1.29 is 33.1 Å². The number of Topliss-reactive ketones (excluding diaryl/α,β-unsaturated/α-hetero) is 1. The number of benzene rings is 2. The minimum atomic E-state index is -4.41. The van der Waals surface area contributed by atoms with E-state index in [1.165, 1.54) is 6.07 Å². The average molecular weight is 476 g/mol. The maximum Gasteiger partial charge on any atom is 0.416 e. The number of hydrogen-bond donors (Lipinski definition) is 2. The molecular formula is C20H21ClF3N3O5. The van der Waals surface area contributed by atoms with Crippen molar-refractivity contribution in [2.24, 2.45) is 0 Å². The van der Waals surface area contributed by atoms with Crippen LogP contribution in [0.25, 0.3) is 0 Å². The minimum absolute atomic E-state index is 0. The van der Waals surface area contributed by atoms with Crippen LogP contribution in [0.4, 0.5) is 24.5 Å². The molecule has 0 saturated carbocycles. The van der Waals surface area contributed by atoms with Gasteiger partial charge in [-0.1, -0.05) is 6.07 Å². The summed E-state index contributed by atoms with van der Waals surface area (Å²) >= 11 is 0. The molecule has 0 radical (unpaired) electrons. The highest BCUT2D eigenvalue weighted by molar-refractivity contribution is 5.85. The number of carbonyl (C=O) groups is 1. The van der Waals surface area contributed by atoms with Gasteiger partial charge in [-0.25, -0.2) is 0 Å². The highest BCUT2D eigenvalue weighted by Gasteiger charge is 2.31. The van der Waals surface area contributed by atoms with Crippen molar-refractivity contribution in [3.8, 4) is 11.5 Å². The van der Waals surface area contributed by atoms with Crippen LogP contribution in [0.2, 0.25) is 0 Å². The molecule has 1 aliphatic rings. The zero-order valence-corrected chi connectivity index (χ0v) is 17.5. The number of hydrogen-bond acceptors (Lipinski definition) is 7. The second-order valence-corrected chi connectivity index (χ2v) is 7.27. The van der Waals surface area contributed by atoms with E-state index >= 15 is 0 Å². The maximum absolute atomic E-state index is 12.9. The predicted octanol–water partition coefficient (Wildman–Crippen LogP) is 3.38. The fourth-order valence-corrected chi connectivity index (χ4v) is 3.48. The number of piperazine rings is 1. The molecule has 2 aromatic carbocycles. The summed E-state index contributed by atoms with van der Waals surface area (Å²) < 4.78 is 38.7. The van der Waals surface area contributed by atoms with Crippen molar-refractivity contribution in [3.63, 3.8) is 0 Å². The first kappa shape index (κ1) is 25.2. The number of nitrogens with zero attached hydrogens (tertiary/aromatic N) is 3. The van der Waals surface area contributed by atoms with E-state index in [9.17, 15) is 38.3 Å². The molecule has 0 atom stereocenters. The number of phenols is 2. The summed E-state index contributed by atoms with van der Waals surface area (Å²) in [5.41, 5.74) is -0.728. The van der Waals surface area contributed by atoms with Gasteiger partial charge in [0.2, 0.25) is 5.75 Å². The lowest BCUT2D eigenvalue weighted by Gasteiger charge is -2.36. The van der Waals surface area contributed by atoms with Crippen LogP contribution in [0.15, 0.2) is 36.4 Å². The first-order valence-electron chi connectivity index (χ1n) is 9.40. The van der Waals surface area contributed by atoms with Crippen LogP contribution < -0.4 is 4.90 Å². The van der Waals surface area contributed by atoms with E-state index in [-0.39, 0.29) is 36.7 Å². The van der Waals surface area contributed by atoms with Crippen molar-refractivity contribution in [3.05, 3.63) is 57.6 Å². The molecule has 0 spiro atoms. The van der Waals surface area contributed by atoms with Gasteiger partial charge in [-0.15, -0.1) is 12.4 Å². The van der Waals surface area contributed by atoms with Gasteiger partial charge >= 0.3 is 11.9 Å². The van der Waals surface area contributed by atoms with Crippen molar-refractivity contribution in [2.45, 2.75) is 12.6 Å². The summed E-state index contributed by atoms with van der Waals surface area (Å²) in [5, 5.41) is 30.1. The molecule has 0 amide bonds. The quantitative estimate of drug-likeness (QED) is 0.374. The number of carbonyl (C=O) groups excluding carboxylic acids is 1. The Hall–Kier alpha value is -3.05. The van der Waals surface area contributed by atoms with Crippen LogP contribution in [0.5, 0.6) is 11.5 Å². The number of phenolic OH excluding ortho intramolecular Hbond substituents is 2. The van der Waals surface area contributed by atoms with E-state index < -0.39 is 33.8 Å². The predicted molar refractivity (Wildman–Crippen MR) is 112 cm³/mol. The van der Waals surface area contributed by atoms with Crippen molar-refractivity contribution >= 4 is 29.6 Å². The lowest BCUT2D eigenvalue weighted by molar-refractivity contribution is -0.386. The molecule has 0 unspecified atom stereocenters. The summed E-state index contributed by atoms with van der Waals surface area (Å²) in [6, 6.07) is 7.24. The van der Waals surface area contributed by atoms with E-state index in [0.717, 1.165) is 24.3 Å². The molecule has 0 aliphatic carbocycles. The summed E-state index contributed by atoms with van der Waals surface area (Å²) in [6.07, 6.45) is -4.58. The van der Waals surface area contributed by atoms with Gasteiger partial charge in [-0.2, -0.15) is 13.2 Å². The molecule has 3 rings (SSSR count). The highest BCUT2D eigenvalue weighted by atomic mass is 35.5. The summed E-state index contributed by atoms with van der Waals surface area (Å²) in [4.78, 5) is 26.1. The Morgan fingerprint density at radius 2 is 1.75 bits per heavy atom. The third kappa shape index (κ3) is 6.01. The van der Waals surface area contributed by atoms with Crippen LogP contribution in [-0.2, 0) is 17.4 Å². The van der Waals surface area contributed by atoms with Crippen LogP contribution in [-0.4, -0.2) is 58.5 Å². The van der Waals surface area contributed by atoms with Crippen LogP contribution >= 0.6 is 12.4 Å². The number of halogens is 4. The number of aromatic hydroxyl groups is 2. The number of rotatable bonds is 6. The van der Waals surface area contributed by atoms with Gasteiger partial charge in [0, 0.05) is 44.4 Å². The van der Waals surface area contributed by atoms with Crippen LogP contribution in [0, 0.1) is 10.1 Å². The molecule has 8 nitrogen and oxygen atoms in total. The van der Waals surface area contributed by atoms with Gasteiger partial charge in [0.15, 0.2) is 11.5 Å². The monoisotopic (exact) mass is 475 g/mol. The van der Waals surface area contributed by atoms with E-state index in [1.54, 1.807) is 6.07 Å². The Morgan fingerprint density at radius 3 is 2.34 bits per heavy atom. The second kappa shape index (κ2) is 10.0. The van der Waals surface area contributed by atoms with E-state index in [1.807, 2.05) is 9.80 Å². The zero-order valence-electron chi connectivity index (χ0n) is 16.7. The average Bonchev–Trinajstić information content (AvgIpc) is 2.70. The van der Waals surface area contributed by atoms with Gasteiger partial charge in [0.1, 0.15) is 0 Å². The van der Waals surface area contributed by atoms with Gasteiger partial charge in [-0.05, 0) is 29.8 Å². The normalized spacial score (nSPS) is 14.7. The van der Waals surface area contributed by atoms with Crippen molar-refractivity contribution in [1.29, 1.82) is 0 Å². The molecule has 1 aliphatic heterocycles. The fourth-order valence-electron chi connectivity index (χ4n) is 3.48. The SMILES string of the molecule is Cl.O=C(Cc1cc(O)c(O)c([N+](=O)[O-])c1)CN1CCN(c2cccc(C(F)(F)F)c2)CC1. The Labute approximate surface area is 187 Å². The summed E-state index contributed by atoms with van der Waals surface area (Å²) in [5.74, 6) is -1.77. The first-order chi connectivity index (χ1) is 14.5. The molecule has 1 saturated heterocycles. The van der Waals surface area contributed by atoms with Gasteiger partial charge in [0.05, 0.1) is 17.0 Å². The van der Waals surface area contributed by atoms with Gasteiger partial charge < -0.3 is 15.1 Å². The third-order valence-corrected chi connectivity index (χ3v) is 5.04. The Balaban J connectivity index is 0.00000363. The Kier molecular flexibility index (Phi) is 7.92. The standard InChI is InChI=1S/C20H20F3N3O5.ClH/c21-20(22,23)14-2-1-3-15(11-14)25-6-4-24(5-7-25)12-16(27)8-13-9-17(26(30)31)19(29)18(28)10-13;/h1-3,9-11,28-29H,4-8,12H2;1H. The molecule has 2 N–H and O–H groups in total. The van der Waals surface area contributed by atoms with E-state index in [4.69, 9.17) is 0 Å². The lowest BCUT2D eigenvalue weighted by Crippen LogP contribution is -2.48. The maximum atomic E-state index is 12.9. The smallest absolute Gasteiger partial charge is 0.416 e. The molecule has 2 aromatic rings. The third-order valence-electron chi connectivity index (χ3n) is 5.04. The lowest BCUT2D eigenvalue weighted by atomic mass is 10.1. The number of alkyl halides is 3. The largest absolute Gasteiger partial charge is 0.504 e. The highest BCUT2D eigenvalue weighted by Crippen LogP contribution is 2.36. The Morgan fingerprint density at radius 1 is 1.09 bits per heavy atom. The van der Waals surface area contributed by atoms with Crippen molar-refractivity contribution in [1.82, 2.24) is 4.90 Å². The van der Waals surface area contributed by atoms with Crippen molar-refractivity contribution in [2.75, 3.05) is 37.6 Å². The topological polar surface area (TPSA) is 107 Å². The molecule has 1 heterocycles. The van der Waals surface area contributed by atoms with E-state index in [0.29, 0.717) is 31.9 Å². The molecule has 174 valence electrons. The van der Waals surface area contributed by atoms with Crippen LogP contribution in [0.1, 0.15) is 11.1 Å². The first-order valence-corrected chi connectivity index (χ1v) is 9.40. The van der Waals surface area contributed by atoms with Gasteiger partial charge in [-0.3, -0.25) is 19.8 Å². The molecule has 0 bridgehead atoms. The number of ketones is 1. The number of nitro benzene ring substituents is 1. The summed E-state index contributed by atoms with van der Waals surface area (Å²) in [6.45, 7) is 1.87. The van der Waals surface area contributed by atoms with E-state index in [2.05, 4.69) is 0 Å². The van der Waals surface area contributed by atoms with Crippen LogP contribution in [0.3, 0.4) is 0 Å². The zero-order chi connectivity index (χ0) is 22.8. The second-order valence-electron chi connectivity index (χ2n) is 7.27. The number of anilines is 1. The molecule has 32 heavy (non-hydrogen) atoms. The Bertz CT molecular complexity index is 995. The number of nitro groups is 1. The van der Waals surface area contributed by atoms with Gasteiger partial charge in [0.25, 0.3) is 0 Å².